The second-order valence-corrected chi connectivity index (χ2v) is 4.25. The fraction of sp³-hybridized carbons (Fsp3) is 0.400. The standard InChI is InChI=1S/C15H20O/c1-5-13(6-2)10-15(16)14-8-11(3)7-12(4)9-14/h7-10H,5-6H2,1-4H3. The molecule has 0 amide bonds. The maximum absolute atomic E-state index is 12.0. The van der Waals surface area contributed by atoms with Gasteiger partial charge in [0, 0.05) is 5.56 Å². The van der Waals surface area contributed by atoms with E-state index in [1.807, 2.05) is 26.0 Å². The molecule has 0 N–H and O–H groups in total. The van der Waals surface area contributed by atoms with Gasteiger partial charge >= 0.3 is 0 Å². The van der Waals surface area contributed by atoms with Gasteiger partial charge in [-0.25, -0.2) is 0 Å². The quantitative estimate of drug-likeness (QED) is 0.543. The summed E-state index contributed by atoms with van der Waals surface area (Å²) in [6.45, 7) is 8.22. The van der Waals surface area contributed by atoms with Crippen molar-refractivity contribution in [2.75, 3.05) is 0 Å². The molecule has 0 aliphatic carbocycles. The third-order valence-electron chi connectivity index (χ3n) is 2.75. The van der Waals surface area contributed by atoms with Gasteiger partial charge in [-0.15, -0.1) is 0 Å². The summed E-state index contributed by atoms with van der Waals surface area (Å²) in [6.07, 6.45) is 3.69. The highest BCUT2D eigenvalue weighted by Gasteiger charge is 2.04. The minimum Gasteiger partial charge on any atom is -0.289 e. The molecule has 0 saturated carbocycles. The van der Waals surface area contributed by atoms with Crippen LogP contribution in [0.2, 0.25) is 0 Å². The summed E-state index contributed by atoms with van der Waals surface area (Å²) in [4.78, 5) is 12.0. The molecule has 1 aromatic rings. The first-order valence-electron chi connectivity index (χ1n) is 5.88. The van der Waals surface area contributed by atoms with Crippen molar-refractivity contribution in [3.05, 3.63) is 46.5 Å². The van der Waals surface area contributed by atoms with E-state index in [1.54, 1.807) is 6.08 Å². The van der Waals surface area contributed by atoms with Crippen molar-refractivity contribution in [3.63, 3.8) is 0 Å². The second kappa shape index (κ2) is 5.64. The molecule has 1 aromatic carbocycles. The number of hydrogen-bond donors (Lipinski definition) is 0. The lowest BCUT2D eigenvalue weighted by Crippen LogP contribution is -1.98. The zero-order valence-corrected chi connectivity index (χ0v) is 10.6. The molecule has 1 rings (SSSR count). The van der Waals surface area contributed by atoms with E-state index < -0.39 is 0 Å². The van der Waals surface area contributed by atoms with E-state index in [2.05, 4.69) is 19.9 Å². The van der Waals surface area contributed by atoms with Gasteiger partial charge in [0.1, 0.15) is 0 Å². The average Bonchev–Trinajstić information content (AvgIpc) is 2.24. The molecule has 0 aliphatic heterocycles. The number of carbonyl (C=O) groups excluding carboxylic acids is 1. The van der Waals surface area contributed by atoms with Crippen molar-refractivity contribution in [1.82, 2.24) is 0 Å². The molecule has 0 radical (unpaired) electrons. The van der Waals surface area contributed by atoms with E-state index in [0.717, 1.165) is 29.5 Å². The fourth-order valence-electron chi connectivity index (χ4n) is 1.84. The van der Waals surface area contributed by atoms with Gasteiger partial charge in [0.05, 0.1) is 0 Å². The molecule has 0 fully saturated rings. The Balaban J connectivity index is 3.01. The minimum atomic E-state index is 0.130. The molecule has 1 nitrogen and oxygen atoms in total. The van der Waals surface area contributed by atoms with E-state index in [0.29, 0.717) is 0 Å². The lowest BCUT2D eigenvalue weighted by Gasteiger charge is -2.03. The van der Waals surface area contributed by atoms with Crippen LogP contribution < -0.4 is 0 Å². The predicted octanol–water partition coefficient (Wildman–Crippen LogP) is 4.23. The summed E-state index contributed by atoms with van der Waals surface area (Å²) in [5.41, 5.74) is 4.30. The van der Waals surface area contributed by atoms with Crippen molar-refractivity contribution in [2.24, 2.45) is 0 Å². The Labute approximate surface area is 98.2 Å². The molecule has 1 heteroatoms. The van der Waals surface area contributed by atoms with Gasteiger partial charge in [0.25, 0.3) is 0 Å². The van der Waals surface area contributed by atoms with Crippen LogP contribution in [0.25, 0.3) is 0 Å². The Kier molecular flexibility index (Phi) is 4.48. The van der Waals surface area contributed by atoms with Crippen molar-refractivity contribution in [2.45, 2.75) is 40.5 Å². The minimum absolute atomic E-state index is 0.130. The normalized spacial score (nSPS) is 10.0. The lowest BCUT2D eigenvalue weighted by molar-refractivity contribution is 0.104. The maximum Gasteiger partial charge on any atom is 0.185 e. The topological polar surface area (TPSA) is 17.1 Å². The number of allylic oxidation sites excluding steroid dienone is 2. The van der Waals surface area contributed by atoms with Crippen LogP contribution >= 0.6 is 0 Å². The van der Waals surface area contributed by atoms with Crippen LogP contribution in [0.1, 0.15) is 48.2 Å². The Morgan fingerprint density at radius 1 is 1.06 bits per heavy atom. The Morgan fingerprint density at radius 3 is 2.00 bits per heavy atom. The van der Waals surface area contributed by atoms with Gasteiger partial charge in [0.15, 0.2) is 5.78 Å². The van der Waals surface area contributed by atoms with Gasteiger partial charge in [-0.3, -0.25) is 4.79 Å². The van der Waals surface area contributed by atoms with E-state index >= 15 is 0 Å². The first-order valence-corrected chi connectivity index (χ1v) is 5.88. The largest absolute Gasteiger partial charge is 0.289 e. The molecule has 0 heterocycles. The number of rotatable bonds is 4. The molecule has 0 unspecified atom stereocenters. The van der Waals surface area contributed by atoms with Crippen LogP contribution in [0.15, 0.2) is 29.8 Å². The van der Waals surface area contributed by atoms with Gasteiger partial charge in [-0.05, 0) is 44.9 Å². The number of ketones is 1. The van der Waals surface area contributed by atoms with E-state index in [9.17, 15) is 4.79 Å². The van der Waals surface area contributed by atoms with Gasteiger partial charge < -0.3 is 0 Å². The van der Waals surface area contributed by atoms with Crippen LogP contribution in [-0.4, -0.2) is 5.78 Å². The van der Waals surface area contributed by atoms with Crippen molar-refractivity contribution >= 4 is 5.78 Å². The molecule has 16 heavy (non-hydrogen) atoms. The van der Waals surface area contributed by atoms with Gasteiger partial charge in [-0.1, -0.05) is 36.6 Å². The van der Waals surface area contributed by atoms with Crippen LogP contribution in [-0.2, 0) is 0 Å². The van der Waals surface area contributed by atoms with Crippen molar-refractivity contribution in [3.8, 4) is 0 Å². The van der Waals surface area contributed by atoms with Crippen molar-refractivity contribution < 1.29 is 4.79 Å². The van der Waals surface area contributed by atoms with E-state index in [1.165, 1.54) is 5.57 Å². The van der Waals surface area contributed by atoms with Crippen LogP contribution in [0, 0.1) is 13.8 Å². The second-order valence-electron chi connectivity index (χ2n) is 4.25. The zero-order valence-electron chi connectivity index (χ0n) is 10.6. The van der Waals surface area contributed by atoms with Crippen molar-refractivity contribution in [1.29, 1.82) is 0 Å². The zero-order chi connectivity index (χ0) is 12.1. The molecular weight excluding hydrogens is 196 g/mol. The Morgan fingerprint density at radius 2 is 1.56 bits per heavy atom. The van der Waals surface area contributed by atoms with Gasteiger partial charge in [0.2, 0.25) is 0 Å². The summed E-state index contributed by atoms with van der Waals surface area (Å²) in [5, 5.41) is 0. The SMILES string of the molecule is CCC(=CC(=O)c1cc(C)cc(C)c1)CC. The molecule has 0 spiro atoms. The highest BCUT2D eigenvalue weighted by molar-refractivity contribution is 6.05. The predicted molar refractivity (Wildman–Crippen MR) is 68.9 cm³/mol. The van der Waals surface area contributed by atoms with Crippen LogP contribution in [0.3, 0.4) is 0 Å². The molecule has 86 valence electrons. The van der Waals surface area contributed by atoms with Gasteiger partial charge in [-0.2, -0.15) is 0 Å². The third-order valence-corrected chi connectivity index (χ3v) is 2.75. The highest BCUT2D eigenvalue weighted by atomic mass is 16.1. The number of aryl methyl sites for hydroxylation is 2. The summed E-state index contributed by atoms with van der Waals surface area (Å²) < 4.78 is 0. The monoisotopic (exact) mass is 216 g/mol. The first kappa shape index (κ1) is 12.7. The average molecular weight is 216 g/mol. The molecule has 0 atom stereocenters. The Bertz CT molecular complexity index is 387. The van der Waals surface area contributed by atoms with Crippen LogP contribution in [0.5, 0.6) is 0 Å². The van der Waals surface area contributed by atoms with Crippen LogP contribution in [0.4, 0.5) is 0 Å². The first-order chi connectivity index (χ1) is 7.56. The number of benzene rings is 1. The molecule has 0 aromatic heterocycles. The summed E-state index contributed by atoms with van der Waals surface area (Å²) >= 11 is 0. The fourth-order valence-corrected chi connectivity index (χ4v) is 1.84. The number of hydrogen-bond acceptors (Lipinski definition) is 1. The summed E-state index contributed by atoms with van der Waals surface area (Å²) in [7, 11) is 0. The highest BCUT2D eigenvalue weighted by Crippen LogP contribution is 2.13. The summed E-state index contributed by atoms with van der Waals surface area (Å²) in [5.74, 6) is 0.130. The molecular formula is C15H20O. The summed E-state index contributed by atoms with van der Waals surface area (Å²) in [6, 6.07) is 5.99. The van der Waals surface area contributed by atoms with E-state index in [4.69, 9.17) is 0 Å². The smallest absolute Gasteiger partial charge is 0.185 e. The molecule has 0 bridgehead atoms. The molecule has 0 aliphatic rings. The lowest BCUT2D eigenvalue weighted by atomic mass is 10.0. The molecule has 0 saturated heterocycles. The maximum atomic E-state index is 12.0. The number of carbonyl (C=O) groups is 1. The van der Waals surface area contributed by atoms with E-state index in [-0.39, 0.29) is 5.78 Å². The Hall–Kier alpha value is -1.37. The third kappa shape index (κ3) is 3.34.